The van der Waals surface area contributed by atoms with Gasteiger partial charge in [0.25, 0.3) is 0 Å². The van der Waals surface area contributed by atoms with E-state index in [9.17, 15) is 0 Å². The minimum Gasteiger partial charge on any atom is -0.490 e. The zero-order valence-corrected chi connectivity index (χ0v) is 11.5. The van der Waals surface area contributed by atoms with E-state index in [-0.39, 0.29) is 11.7 Å². The summed E-state index contributed by atoms with van der Waals surface area (Å²) >= 11 is 0. The molecule has 0 amide bonds. The molecule has 2 aliphatic heterocycles. The van der Waals surface area contributed by atoms with Crippen molar-refractivity contribution >= 4 is 0 Å². The number of hydrogen-bond acceptors (Lipinski definition) is 4. The molecule has 1 aromatic rings. The van der Waals surface area contributed by atoms with Crippen LogP contribution in [0.15, 0.2) is 24.3 Å². The van der Waals surface area contributed by atoms with Gasteiger partial charge in [0.1, 0.15) is 11.9 Å². The Morgan fingerprint density at radius 1 is 1.15 bits per heavy atom. The second-order valence-electron chi connectivity index (χ2n) is 5.51. The Morgan fingerprint density at radius 3 is 2.60 bits per heavy atom. The summed E-state index contributed by atoms with van der Waals surface area (Å²) in [6.07, 6.45) is 3.95. The minimum atomic E-state index is -0.0479. The average molecular weight is 273 g/mol. The van der Waals surface area contributed by atoms with Crippen LogP contribution in [0.3, 0.4) is 0 Å². The van der Waals surface area contributed by atoms with E-state index in [2.05, 4.69) is 6.07 Å². The molecule has 2 fully saturated rings. The maximum atomic E-state index is 8.80. The molecule has 0 saturated carbocycles. The second kappa shape index (κ2) is 5.82. The van der Waals surface area contributed by atoms with Crippen molar-refractivity contribution < 1.29 is 14.2 Å². The van der Waals surface area contributed by atoms with Gasteiger partial charge >= 0.3 is 0 Å². The van der Waals surface area contributed by atoms with Crippen molar-refractivity contribution in [1.82, 2.24) is 0 Å². The summed E-state index contributed by atoms with van der Waals surface area (Å²) in [5.74, 6) is 0.832. The van der Waals surface area contributed by atoms with Crippen molar-refractivity contribution in [1.29, 1.82) is 5.26 Å². The molecule has 0 bridgehead atoms. The highest BCUT2D eigenvalue weighted by atomic mass is 16.5. The van der Waals surface area contributed by atoms with Gasteiger partial charge in [-0.1, -0.05) is 0 Å². The third-order valence-corrected chi connectivity index (χ3v) is 4.14. The minimum absolute atomic E-state index is 0.0479. The highest BCUT2D eigenvalue weighted by Crippen LogP contribution is 2.35. The summed E-state index contributed by atoms with van der Waals surface area (Å²) in [4.78, 5) is 0. The third-order valence-electron chi connectivity index (χ3n) is 4.14. The average Bonchev–Trinajstić information content (AvgIpc) is 2.49. The molecule has 0 aromatic heterocycles. The molecule has 1 spiro atoms. The Balaban J connectivity index is 1.63. The molecular formula is C16H19NO3. The van der Waals surface area contributed by atoms with E-state index >= 15 is 0 Å². The van der Waals surface area contributed by atoms with E-state index in [1.807, 2.05) is 12.1 Å². The van der Waals surface area contributed by atoms with Crippen molar-refractivity contribution in [2.24, 2.45) is 0 Å². The summed E-state index contributed by atoms with van der Waals surface area (Å²) in [5, 5.41) is 8.80. The quantitative estimate of drug-likeness (QED) is 0.831. The highest BCUT2D eigenvalue weighted by molar-refractivity contribution is 5.34. The predicted molar refractivity (Wildman–Crippen MR) is 73.5 cm³/mol. The van der Waals surface area contributed by atoms with Crippen LogP contribution in [0.5, 0.6) is 5.75 Å². The molecule has 1 unspecified atom stereocenters. The molecule has 0 aliphatic carbocycles. The molecule has 2 saturated heterocycles. The number of hydrogen-bond donors (Lipinski definition) is 0. The van der Waals surface area contributed by atoms with E-state index in [1.54, 1.807) is 12.1 Å². The summed E-state index contributed by atoms with van der Waals surface area (Å²) in [6, 6.07) is 9.43. The summed E-state index contributed by atoms with van der Waals surface area (Å²) in [7, 11) is 0. The van der Waals surface area contributed by atoms with E-state index in [0.717, 1.165) is 51.3 Å². The first-order valence-electron chi connectivity index (χ1n) is 7.18. The molecule has 1 atom stereocenters. The Labute approximate surface area is 119 Å². The molecule has 4 nitrogen and oxygen atoms in total. The van der Waals surface area contributed by atoms with Gasteiger partial charge in [-0.2, -0.15) is 5.26 Å². The van der Waals surface area contributed by atoms with Gasteiger partial charge < -0.3 is 14.2 Å². The van der Waals surface area contributed by atoms with Crippen LogP contribution < -0.4 is 4.74 Å². The predicted octanol–water partition coefficient (Wildman–Crippen LogP) is 2.67. The molecule has 20 heavy (non-hydrogen) atoms. The Hall–Kier alpha value is -1.57. The van der Waals surface area contributed by atoms with Crippen molar-refractivity contribution in [3.8, 4) is 11.8 Å². The van der Waals surface area contributed by atoms with Crippen molar-refractivity contribution in [2.45, 2.75) is 37.4 Å². The molecule has 4 heteroatoms. The van der Waals surface area contributed by atoms with Gasteiger partial charge in [-0.25, -0.2) is 0 Å². The van der Waals surface area contributed by atoms with Gasteiger partial charge in [0, 0.05) is 26.1 Å². The van der Waals surface area contributed by atoms with Gasteiger partial charge in [0.15, 0.2) is 0 Å². The SMILES string of the molecule is N#Cc1ccc(OC2CCOC3(CCOCC3)C2)cc1. The lowest BCUT2D eigenvalue weighted by Gasteiger charge is -2.43. The van der Waals surface area contributed by atoms with Crippen LogP contribution in [-0.4, -0.2) is 31.5 Å². The number of nitriles is 1. The Bertz CT molecular complexity index is 480. The molecule has 0 N–H and O–H groups in total. The van der Waals surface area contributed by atoms with E-state index < -0.39 is 0 Å². The monoisotopic (exact) mass is 273 g/mol. The smallest absolute Gasteiger partial charge is 0.119 e. The van der Waals surface area contributed by atoms with Gasteiger partial charge in [-0.15, -0.1) is 0 Å². The molecule has 0 radical (unpaired) electrons. The standard InChI is InChI=1S/C16H19NO3/c17-12-13-1-3-14(4-2-13)20-15-5-8-19-16(11-15)6-9-18-10-7-16/h1-4,15H,5-11H2. The topological polar surface area (TPSA) is 51.5 Å². The zero-order valence-electron chi connectivity index (χ0n) is 11.5. The number of ether oxygens (including phenoxy) is 3. The molecule has 2 heterocycles. The van der Waals surface area contributed by atoms with Crippen LogP contribution in [0.1, 0.15) is 31.2 Å². The molecular weight excluding hydrogens is 254 g/mol. The summed E-state index contributed by atoms with van der Waals surface area (Å²) < 4.78 is 17.5. The lowest BCUT2D eigenvalue weighted by atomic mass is 9.85. The van der Waals surface area contributed by atoms with Crippen molar-refractivity contribution in [3.63, 3.8) is 0 Å². The fraction of sp³-hybridized carbons (Fsp3) is 0.562. The highest BCUT2D eigenvalue weighted by Gasteiger charge is 2.39. The number of nitrogens with zero attached hydrogens (tertiary/aromatic N) is 1. The van der Waals surface area contributed by atoms with Crippen molar-refractivity contribution in [2.75, 3.05) is 19.8 Å². The lowest BCUT2D eigenvalue weighted by Crippen LogP contribution is -2.47. The van der Waals surface area contributed by atoms with Crippen molar-refractivity contribution in [3.05, 3.63) is 29.8 Å². The van der Waals surface area contributed by atoms with Crippen LogP contribution in [-0.2, 0) is 9.47 Å². The first kappa shape index (κ1) is 13.4. The first-order chi connectivity index (χ1) is 9.80. The lowest BCUT2D eigenvalue weighted by molar-refractivity contribution is -0.155. The van der Waals surface area contributed by atoms with E-state index in [4.69, 9.17) is 19.5 Å². The van der Waals surface area contributed by atoms with E-state index in [0.29, 0.717) is 5.56 Å². The van der Waals surface area contributed by atoms with Crippen LogP contribution in [0.2, 0.25) is 0 Å². The largest absolute Gasteiger partial charge is 0.490 e. The first-order valence-corrected chi connectivity index (χ1v) is 7.18. The molecule has 106 valence electrons. The number of rotatable bonds is 2. The fourth-order valence-corrected chi connectivity index (χ4v) is 2.98. The van der Waals surface area contributed by atoms with Gasteiger partial charge in [-0.05, 0) is 37.1 Å². The Kier molecular flexibility index (Phi) is 3.90. The molecule has 2 aliphatic rings. The molecule has 3 rings (SSSR count). The number of benzene rings is 1. The van der Waals surface area contributed by atoms with Crippen LogP contribution in [0.4, 0.5) is 0 Å². The van der Waals surface area contributed by atoms with Crippen LogP contribution in [0.25, 0.3) is 0 Å². The fourth-order valence-electron chi connectivity index (χ4n) is 2.98. The Morgan fingerprint density at radius 2 is 1.90 bits per heavy atom. The van der Waals surface area contributed by atoms with Crippen LogP contribution >= 0.6 is 0 Å². The summed E-state index contributed by atoms with van der Waals surface area (Å²) in [5.41, 5.74) is 0.610. The molecule has 1 aromatic carbocycles. The third kappa shape index (κ3) is 2.95. The second-order valence-corrected chi connectivity index (χ2v) is 5.51. The zero-order chi connectivity index (χ0) is 13.8. The van der Waals surface area contributed by atoms with Gasteiger partial charge in [0.05, 0.1) is 23.8 Å². The van der Waals surface area contributed by atoms with E-state index in [1.165, 1.54) is 0 Å². The maximum absolute atomic E-state index is 8.80. The maximum Gasteiger partial charge on any atom is 0.119 e. The van der Waals surface area contributed by atoms with Crippen LogP contribution in [0, 0.1) is 11.3 Å². The normalized spacial score (nSPS) is 25.1. The van der Waals surface area contributed by atoms with Gasteiger partial charge in [-0.3, -0.25) is 0 Å². The van der Waals surface area contributed by atoms with Gasteiger partial charge in [0.2, 0.25) is 0 Å². The summed E-state index contributed by atoms with van der Waals surface area (Å²) in [6.45, 7) is 2.31.